The normalized spacial score (nSPS) is 11.0. The summed E-state index contributed by atoms with van der Waals surface area (Å²) in [6, 6.07) is 15.6. The molecule has 0 bridgehead atoms. The number of rotatable bonds is 10. The number of likely N-dealkylation sites (N-methyl/N-ethyl adjacent to an activating group) is 1. The Hall–Kier alpha value is -3.55. The van der Waals surface area contributed by atoms with Gasteiger partial charge < -0.3 is 26.6 Å². The van der Waals surface area contributed by atoms with Crippen LogP contribution in [0.25, 0.3) is 0 Å². The van der Waals surface area contributed by atoms with Crippen LogP contribution in [0.15, 0.2) is 53.5 Å². The van der Waals surface area contributed by atoms with Crippen LogP contribution in [-0.4, -0.2) is 51.0 Å². The lowest BCUT2D eigenvalue weighted by molar-refractivity contribution is -0.117. The molecule has 0 saturated carbocycles. The van der Waals surface area contributed by atoms with Gasteiger partial charge in [0.05, 0.1) is 6.54 Å². The van der Waals surface area contributed by atoms with Crippen molar-refractivity contribution in [3.05, 3.63) is 65.2 Å². The average Bonchev–Trinajstić information content (AvgIpc) is 2.77. The van der Waals surface area contributed by atoms with Gasteiger partial charge in [-0.2, -0.15) is 0 Å². The Bertz CT molecular complexity index is 895. The van der Waals surface area contributed by atoms with Gasteiger partial charge in [0.25, 0.3) is 5.91 Å². The molecule has 0 aliphatic rings. The molecule has 5 N–H and O–H groups in total. The maximum absolute atomic E-state index is 11.9. The summed E-state index contributed by atoms with van der Waals surface area (Å²) in [6.07, 6.45) is 0. The van der Waals surface area contributed by atoms with Crippen LogP contribution in [0.2, 0.25) is 0 Å². The zero-order valence-electron chi connectivity index (χ0n) is 18.4. The van der Waals surface area contributed by atoms with Crippen LogP contribution in [0, 0.1) is 6.92 Å². The third-order valence-corrected chi connectivity index (χ3v) is 4.75. The van der Waals surface area contributed by atoms with Gasteiger partial charge in [0.2, 0.25) is 5.91 Å². The molecular formula is C23H32N6O2. The summed E-state index contributed by atoms with van der Waals surface area (Å²) in [5, 5.41) is 9.08. The molecule has 166 valence electrons. The second kappa shape index (κ2) is 12.2. The van der Waals surface area contributed by atoms with Crippen molar-refractivity contribution in [2.75, 3.05) is 38.1 Å². The van der Waals surface area contributed by atoms with Crippen LogP contribution >= 0.6 is 0 Å². The van der Waals surface area contributed by atoms with Crippen molar-refractivity contribution >= 4 is 23.5 Å². The van der Waals surface area contributed by atoms with Crippen LogP contribution in [0.1, 0.15) is 28.4 Å². The van der Waals surface area contributed by atoms with Crippen molar-refractivity contribution in [1.29, 1.82) is 0 Å². The summed E-state index contributed by atoms with van der Waals surface area (Å²) in [5.74, 6) is -0.192. The molecule has 2 aromatic carbocycles. The number of amides is 2. The third-order valence-electron chi connectivity index (χ3n) is 4.75. The van der Waals surface area contributed by atoms with Gasteiger partial charge >= 0.3 is 0 Å². The van der Waals surface area contributed by atoms with Gasteiger partial charge in [-0.25, -0.2) is 0 Å². The molecule has 0 heterocycles. The van der Waals surface area contributed by atoms with Gasteiger partial charge in [-0.1, -0.05) is 24.3 Å². The highest BCUT2D eigenvalue weighted by atomic mass is 16.2. The van der Waals surface area contributed by atoms with Crippen LogP contribution in [0.4, 0.5) is 5.69 Å². The number of benzene rings is 2. The Balaban J connectivity index is 1.80. The van der Waals surface area contributed by atoms with E-state index in [9.17, 15) is 9.59 Å². The SMILES string of the molecule is CCN(CCNC(=NC)NCc1ccc(C(=O)NCC(N)=O)cc1)c1cccc(C)c1. The zero-order valence-corrected chi connectivity index (χ0v) is 18.4. The van der Waals surface area contributed by atoms with E-state index in [1.165, 1.54) is 11.3 Å². The number of carbonyl (C=O) groups excluding carboxylic acids is 2. The summed E-state index contributed by atoms with van der Waals surface area (Å²) >= 11 is 0. The Morgan fingerprint density at radius 1 is 1.06 bits per heavy atom. The van der Waals surface area contributed by atoms with Crippen molar-refractivity contribution in [2.45, 2.75) is 20.4 Å². The summed E-state index contributed by atoms with van der Waals surface area (Å²) in [4.78, 5) is 29.3. The highest BCUT2D eigenvalue weighted by Gasteiger charge is 2.07. The number of aliphatic imine (C=N–C) groups is 1. The van der Waals surface area contributed by atoms with Crippen molar-refractivity contribution in [3.63, 3.8) is 0 Å². The van der Waals surface area contributed by atoms with E-state index >= 15 is 0 Å². The third kappa shape index (κ3) is 8.00. The average molecular weight is 425 g/mol. The van der Waals surface area contributed by atoms with E-state index in [1.807, 2.05) is 12.1 Å². The Morgan fingerprint density at radius 3 is 2.42 bits per heavy atom. The monoisotopic (exact) mass is 424 g/mol. The van der Waals surface area contributed by atoms with E-state index in [0.717, 1.165) is 25.2 Å². The molecule has 0 fully saturated rings. The van der Waals surface area contributed by atoms with Gasteiger partial charge in [-0.3, -0.25) is 14.6 Å². The Labute approximate surface area is 183 Å². The van der Waals surface area contributed by atoms with E-state index in [2.05, 4.69) is 64.0 Å². The predicted octanol–water partition coefficient (Wildman–Crippen LogP) is 1.40. The van der Waals surface area contributed by atoms with Crippen LogP contribution in [0.5, 0.6) is 0 Å². The molecule has 0 aromatic heterocycles. The van der Waals surface area contributed by atoms with Gasteiger partial charge in [-0.05, 0) is 49.2 Å². The Morgan fingerprint density at radius 2 is 1.81 bits per heavy atom. The number of anilines is 1. The molecule has 8 nitrogen and oxygen atoms in total. The number of carbonyl (C=O) groups is 2. The topological polar surface area (TPSA) is 112 Å². The Kier molecular flexibility index (Phi) is 9.35. The molecule has 2 amide bonds. The zero-order chi connectivity index (χ0) is 22.6. The van der Waals surface area contributed by atoms with Gasteiger partial charge in [0.15, 0.2) is 5.96 Å². The van der Waals surface area contributed by atoms with Gasteiger partial charge in [-0.15, -0.1) is 0 Å². The largest absolute Gasteiger partial charge is 0.370 e. The molecule has 2 rings (SSSR count). The first kappa shape index (κ1) is 23.7. The quantitative estimate of drug-likeness (QED) is 0.340. The predicted molar refractivity (Wildman–Crippen MR) is 125 cm³/mol. The smallest absolute Gasteiger partial charge is 0.251 e. The summed E-state index contributed by atoms with van der Waals surface area (Å²) in [5.41, 5.74) is 8.98. The molecule has 0 unspecified atom stereocenters. The molecule has 0 aliphatic carbocycles. The van der Waals surface area contributed by atoms with Gasteiger partial charge in [0.1, 0.15) is 0 Å². The molecule has 31 heavy (non-hydrogen) atoms. The number of guanidine groups is 1. The number of hydrogen-bond acceptors (Lipinski definition) is 4. The first-order valence-corrected chi connectivity index (χ1v) is 10.3. The molecule has 0 radical (unpaired) electrons. The number of nitrogens with one attached hydrogen (secondary N) is 3. The van der Waals surface area contributed by atoms with Crippen LogP contribution in [0.3, 0.4) is 0 Å². The standard InChI is InChI=1S/C23H32N6O2/c1-4-29(20-7-5-6-17(2)14-20)13-12-26-23(25-3)28-15-18-8-10-19(11-9-18)22(31)27-16-21(24)30/h5-11,14H,4,12-13,15-16H2,1-3H3,(H2,24,30)(H,27,31)(H2,25,26,28). The highest BCUT2D eigenvalue weighted by molar-refractivity contribution is 5.96. The summed E-state index contributed by atoms with van der Waals surface area (Å²) in [6.45, 7) is 7.17. The van der Waals surface area contributed by atoms with Crippen LogP contribution < -0.4 is 26.6 Å². The van der Waals surface area contributed by atoms with E-state index in [0.29, 0.717) is 18.1 Å². The fourth-order valence-corrected chi connectivity index (χ4v) is 3.05. The number of hydrogen-bond donors (Lipinski definition) is 4. The minimum absolute atomic E-state index is 0.177. The molecule has 0 saturated heterocycles. The first-order valence-electron chi connectivity index (χ1n) is 10.3. The minimum atomic E-state index is -0.575. The number of aryl methyl sites for hydroxylation is 1. The fraction of sp³-hybridized carbons (Fsp3) is 0.348. The van der Waals surface area contributed by atoms with E-state index < -0.39 is 5.91 Å². The summed E-state index contributed by atoms with van der Waals surface area (Å²) < 4.78 is 0. The maximum Gasteiger partial charge on any atom is 0.251 e. The lowest BCUT2D eigenvalue weighted by Crippen LogP contribution is -2.41. The van der Waals surface area contributed by atoms with Crippen molar-refractivity contribution in [3.8, 4) is 0 Å². The lowest BCUT2D eigenvalue weighted by atomic mass is 10.1. The number of nitrogens with two attached hydrogens (primary N) is 1. The summed E-state index contributed by atoms with van der Waals surface area (Å²) in [7, 11) is 1.74. The molecule has 0 aliphatic heterocycles. The molecule has 0 spiro atoms. The molecule has 2 aromatic rings. The molecule has 8 heteroatoms. The van der Waals surface area contributed by atoms with Crippen LogP contribution in [-0.2, 0) is 11.3 Å². The first-order chi connectivity index (χ1) is 14.9. The number of nitrogens with zero attached hydrogens (tertiary/aromatic N) is 2. The second-order valence-corrected chi connectivity index (χ2v) is 7.12. The highest BCUT2D eigenvalue weighted by Crippen LogP contribution is 2.14. The molecular weight excluding hydrogens is 392 g/mol. The van der Waals surface area contributed by atoms with Gasteiger partial charge in [0, 0.05) is 44.5 Å². The van der Waals surface area contributed by atoms with E-state index in [1.54, 1.807) is 19.2 Å². The molecule has 0 atom stereocenters. The van der Waals surface area contributed by atoms with Crippen molar-refractivity contribution in [1.82, 2.24) is 16.0 Å². The second-order valence-electron chi connectivity index (χ2n) is 7.12. The maximum atomic E-state index is 11.9. The van der Waals surface area contributed by atoms with E-state index in [-0.39, 0.29) is 12.5 Å². The fourth-order valence-electron chi connectivity index (χ4n) is 3.05. The minimum Gasteiger partial charge on any atom is -0.370 e. The lowest BCUT2D eigenvalue weighted by Gasteiger charge is -2.24. The van der Waals surface area contributed by atoms with E-state index in [4.69, 9.17) is 5.73 Å². The van der Waals surface area contributed by atoms with Crippen molar-refractivity contribution in [2.24, 2.45) is 10.7 Å². The van der Waals surface area contributed by atoms with Crippen molar-refractivity contribution < 1.29 is 9.59 Å². The number of primary amides is 1.